The number of nitrogens with one attached hydrogen (secondary N) is 2. The summed E-state index contributed by atoms with van der Waals surface area (Å²) >= 11 is 0. The van der Waals surface area contributed by atoms with Crippen LogP contribution in [0.15, 0.2) is 24.3 Å². The van der Waals surface area contributed by atoms with E-state index in [1.165, 1.54) is 12.1 Å². The number of aliphatic carboxylic acids is 1. The van der Waals surface area contributed by atoms with Gasteiger partial charge in [0.05, 0.1) is 0 Å². The summed E-state index contributed by atoms with van der Waals surface area (Å²) in [6.45, 7) is 0.488. The summed E-state index contributed by atoms with van der Waals surface area (Å²) in [5, 5.41) is 11.9. The van der Waals surface area contributed by atoms with Crippen molar-refractivity contribution >= 4 is 22.8 Å². The maximum Gasteiger partial charge on any atom is 0.303 e. The summed E-state index contributed by atoms with van der Waals surface area (Å²) < 4.78 is 13.1. The van der Waals surface area contributed by atoms with Crippen LogP contribution in [0.25, 0.3) is 10.9 Å². The van der Waals surface area contributed by atoms with Crippen LogP contribution in [0.1, 0.15) is 36.2 Å². The Balaban J connectivity index is 1.81. The number of H-pyrrole nitrogens is 1. The molecule has 0 radical (unpaired) electrons. The zero-order valence-electron chi connectivity index (χ0n) is 11.5. The van der Waals surface area contributed by atoms with Gasteiger partial charge in [0.2, 0.25) is 0 Å². The van der Waals surface area contributed by atoms with Crippen LogP contribution in [0, 0.1) is 5.82 Å². The second kappa shape index (κ2) is 6.88. The van der Waals surface area contributed by atoms with Gasteiger partial charge in [-0.15, -0.1) is 0 Å². The number of hydrogen-bond donors (Lipinski definition) is 3. The van der Waals surface area contributed by atoms with Gasteiger partial charge in [-0.3, -0.25) is 9.59 Å². The van der Waals surface area contributed by atoms with E-state index >= 15 is 0 Å². The number of hydrogen-bond acceptors (Lipinski definition) is 2. The minimum absolute atomic E-state index is 0.154. The van der Waals surface area contributed by atoms with Gasteiger partial charge in [0, 0.05) is 23.9 Å². The number of halogens is 1. The predicted molar refractivity (Wildman–Crippen MR) is 76.7 cm³/mol. The Bertz CT molecular complexity index is 651. The van der Waals surface area contributed by atoms with Crippen LogP contribution in [0.3, 0.4) is 0 Å². The highest BCUT2D eigenvalue weighted by molar-refractivity contribution is 5.97. The number of aromatic amines is 1. The third-order valence-corrected chi connectivity index (χ3v) is 3.18. The van der Waals surface area contributed by atoms with Crippen LogP contribution in [0.5, 0.6) is 0 Å². The molecule has 0 bridgehead atoms. The van der Waals surface area contributed by atoms with Gasteiger partial charge in [0.25, 0.3) is 5.91 Å². The number of carbonyl (C=O) groups is 2. The molecule has 0 unspecified atom stereocenters. The van der Waals surface area contributed by atoms with Crippen molar-refractivity contribution in [3.05, 3.63) is 35.8 Å². The largest absolute Gasteiger partial charge is 0.481 e. The molecule has 1 aromatic heterocycles. The molecule has 0 saturated heterocycles. The highest BCUT2D eigenvalue weighted by atomic mass is 19.1. The molecule has 0 aliphatic rings. The normalized spacial score (nSPS) is 10.7. The molecule has 112 valence electrons. The molecule has 1 heterocycles. The lowest BCUT2D eigenvalue weighted by Gasteiger charge is -2.03. The molecule has 0 atom stereocenters. The standard InChI is InChI=1S/C15H17FN2O3/c16-11-5-6-12-10(8-11)9-13(18-12)15(21)17-7-3-1-2-4-14(19)20/h5-6,8-9,18H,1-4,7H2,(H,17,21)(H,19,20). The Morgan fingerprint density at radius 2 is 2.00 bits per heavy atom. The minimum Gasteiger partial charge on any atom is -0.481 e. The molecule has 6 heteroatoms. The van der Waals surface area contributed by atoms with E-state index in [2.05, 4.69) is 10.3 Å². The monoisotopic (exact) mass is 292 g/mol. The molecule has 0 aliphatic carbocycles. The first-order valence-corrected chi connectivity index (χ1v) is 6.84. The molecule has 2 aromatic rings. The highest BCUT2D eigenvalue weighted by Crippen LogP contribution is 2.16. The smallest absolute Gasteiger partial charge is 0.303 e. The lowest BCUT2D eigenvalue weighted by molar-refractivity contribution is -0.137. The van der Waals surface area contributed by atoms with Gasteiger partial charge in [-0.2, -0.15) is 0 Å². The van der Waals surface area contributed by atoms with E-state index in [-0.39, 0.29) is 18.1 Å². The fraction of sp³-hybridized carbons (Fsp3) is 0.333. The molecule has 0 saturated carbocycles. The lowest BCUT2D eigenvalue weighted by Crippen LogP contribution is -2.24. The first-order chi connectivity index (χ1) is 10.1. The summed E-state index contributed by atoms with van der Waals surface area (Å²) in [4.78, 5) is 25.2. The van der Waals surface area contributed by atoms with E-state index in [0.717, 1.165) is 12.8 Å². The van der Waals surface area contributed by atoms with Crippen molar-refractivity contribution in [2.75, 3.05) is 6.54 Å². The summed E-state index contributed by atoms with van der Waals surface area (Å²) in [6.07, 6.45) is 2.25. The van der Waals surface area contributed by atoms with Crippen molar-refractivity contribution in [2.45, 2.75) is 25.7 Å². The molecule has 21 heavy (non-hydrogen) atoms. The maximum absolute atomic E-state index is 13.1. The number of aromatic nitrogens is 1. The highest BCUT2D eigenvalue weighted by Gasteiger charge is 2.09. The Labute approximate surface area is 121 Å². The van der Waals surface area contributed by atoms with Crippen LogP contribution in [-0.2, 0) is 4.79 Å². The van der Waals surface area contributed by atoms with Gasteiger partial charge in [-0.05, 0) is 37.1 Å². The fourth-order valence-corrected chi connectivity index (χ4v) is 2.10. The van der Waals surface area contributed by atoms with Gasteiger partial charge in [-0.25, -0.2) is 4.39 Å². The van der Waals surface area contributed by atoms with E-state index in [0.29, 0.717) is 29.6 Å². The van der Waals surface area contributed by atoms with Crippen LogP contribution in [0.2, 0.25) is 0 Å². The molecule has 1 aromatic carbocycles. The van der Waals surface area contributed by atoms with Gasteiger partial charge in [0.1, 0.15) is 11.5 Å². The summed E-state index contributed by atoms with van der Waals surface area (Å²) in [5.41, 5.74) is 1.10. The second-order valence-corrected chi connectivity index (χ2v) is 4.87. The zero-order valence-corrected chi connectivity index (χ0v) is 11.5. The molecule has 5 nitrogen and oxygen atoms in total. The van der Waals surface area contributed by atoms with Crippen molar-refractivity contribution in [2.24, 2.45) is 0 Å². The van der Waals surface area contributed by atoms with Gasteiger partial charge in [0.15, 0.2) is 0 Å². The average molecular weight is 292 g/mol. The van der Waals surface area contributed by atoms with E-state index < -0.39 is 5.97 Å². The maximum atomic E-state index is 13.1. The van der Waals surface area contributed by atoms with E-state index in [1.807, 2.05) is 0 Å². The van der Waals surface area contributed by atoms with Crippen LogP contribution >= 0.6 is 0 Å². The molecule has 2 rings (SSSR count). The summed E-state index contributed by atoms with van der Waals surface area (Å²) in [6, 6.07) is 5.91. The topological polar surface area (TPSA) is 82.2 Å². The molecule has 3 N–H and O–H groups in total. The number of unbranched alkanes of at least 4 members (excludes halogenated alkanes) is 2. The zero-order chi connectivity index (χ0) is 15.2. The minimum atomic E-state index is -0.802. The Morgan fingerprint density at radius 3 is 2.76 bits per heavy atom. The van der Waals surface area contributed by atoms with E-state index in [1.54, 1.807) is 12.1 Å². The predicted octanol–water partition coefficient (Wildman–Crippen LogP) is 2.68. The molecule has 0 fully saturated rings. The number of carboxylic acids is 1. The van der Waals surface area contributed by atoms with Crippen molar-refractivity contribution in [1.82, 2.24) is 10.3 Å². The van der Waals surface area contributed by atoms with Crippen molar-refractivity contribution in [3.8, 4) is 0 Å². The first kappa shape index (κ1) is 15.0. The lowest BCUT2D eigenvalue weighted by atomic mass is 10.2. The number of amides is 1. The van der Waals surface area contributed by atoms with Crippen LogP contribution in [0.4, 0.5) is 4.39 Å². The SMILES string of the molecule is O=C(O)CCCCCNC(=O)c1cc2cc(F)ccc2[nH]1. The molecule has 0 spiro atoms. The Morgan fingerprint density at radius 1 is 1.19 bits per heavy atom. The quantitative estimate of drug-likeness (QED) is 0.686. The number of fused-ring (bicyclic) bond motifs is 1. The second-order valence-electron chi connectivity index (χ2n) is 4.87. The fourth-order valence-electron chi connectivity index (χ4n) is 2.10. The third kappa shape index (κ3) is 4.30. The van der Waals surface area contributed by atoms with E-state index in [4.69, 9.17) is 5.11 Å². The Kier molecular flexibility index (Phi) is 4.92. The van der Waals surface area contributed by atoms with Gasteiger partial charge in [-0.1, -0.05) is 6.42 Å². The van der Waals surface area contributed by atoms with E-state index in [9.17, 15) is 14.0 Å². The molecular formula is C15H17FN2O3. The third-order valence-electron chi connectivity index (χ3n) is 3.18. The van der Waals surface area contributed by atoms with Crippen LogP contribution in [-0.4, -0.2) is 28.5 Å². The average Bonchev–Trinajstić information content (AvgIpc) is 2.85. The Hall–Kier alpha value is -2.37. The number of carbonyl (C=O) groups excluding carboxylic acids is 1. The number of rotatable bonds is 7. The molecular weight excluding hydrogens is 275 g/mol. The van der Waals surface area contributed by atoms with Gasteiger partial charge >= 0.3 is 5.97 Å². The van der Waals surface area contributed by atoms with Gasteiger partial charge < -0.3 is 15.4 Å². The number of benzene rings is 1. The summed E-state index contributed by atoms with van der Waals surface area (Å²) in [7, 11) is 0. The molecule has 0 aliphatic heterocycles. The van der Waals surface area contributed by atoms with Crippen molar-refractivity contribution in [1.29, 1.82) is 0 Å². The molecule has 1 amide bonds. The number of carboxylic acid groups (broad SMARTS) is 1. The van der Waals surface area contributed by atoms with Crippen molar-refractivity contribution in [3.63, 3.8) is 0 Å². The van der Waals surface area contributed by atoms with Crippen LogP contribution < -0.4 is 5.32 Å². The summed E-state index contributed by atoms with van der Waals surface area (Å²) in [5.74, 6) is -1.39. The first-order valence-electron chi connectivity index (χ1n) is 6.84. The van der Waals surface area contributed by atoms with Crippen molar-refractivity contribution < 1.29 is 19.1 Å².